The summed E-state index contributed by atoms with van der Waals surface area (Å²) in [5.74, 6) is -0.591. The van der Waals surface area contributed by atoms with Crippen LogP contribution in [0.15, 0.2) is 12.2 Å². The first-order valence-corrected chi connectivity index (χ1v) is 19.9. The topological polar surface area (TPSA) is 295 Å². The minimum Gasteiger partial charge on any atom is -0.432 e. The van der Waals surface area contributed by atoms with Crippen molar-refractivity contribution in [3.63, 3.8) is 0 Å². The number of fused-ring (bicyclic) bond motifs is 3. The smallest absolute Gasteiger partial charge is 0.314 e. The van der Waals surface area contributed by atoms with Gasteiger partial charge in [0.2, 0.25) is 6.29 Å². The molecule has 2 bridgehead atoms. The summed E-state index contributed by atoms with van der Waals surface area (Å²) in [6.45, 7) is 6.52. The quantitative estimate of drug-likeness (QED) is 0.0631. The zero-order chi connectivity index (χ0) is 40.7. The molecule has 0 aromatic carbocycles. The van der Waals surface area contributed by atoms with Gasteiger partial charge < -0.3 is 84.6 Å². The molecule has 0 aromatic rings. The van der Waals surface area contributed by atoms with Crippen molar-refractivity contribution >= 4 is 5.97 Å². The van der Waals surface area contributed by atoms with E-state index in [1.54, 1.807) is 0 Å². The molecule has 18 nitrogen and oxygen atoms in total. The Morgan fingerprint density at radius 2 is 1.21 bits per heavy atom. The molecule has 0 aromatic heterocycles. The lowest BCUT2D eigenvalue weighted by atomic mass is 9.41. The van der Waals surface area contributed by atoms with Crippen LogP contribution in [0.1, 0.15) is 71.6 Å². The third kappa shape index (κ3) is 6.69. The van der Waals surface area contributed by atoms with Crippen molar-refractivity contribution in [3.05, 3.63) is 12.2 Å². The van der Waals surface area contributed by atoms with Gasteiger partial charge in [-0.25, -0.2) is 0 Å². The molecule has 6 unspecified atom stereocenters. The van der Waals surface area contributed by atoms with Crippen molar-refractivity contribution in [2.45, 2.75) is 169 Å². The van der Waals surface area contributed by atoms with Crippen molar-refractivity contribution in [1.29, 1.82) is 0 Å². The molecule has 56 heavy (non-hydrogen) atoms. The number of aliphatic hydroxyl groups excluding tert-OH is 11. The Bertz CT molecular complexity index is 1450. The monoisotopic (exact) mass is 804 g/mol. The number of aliphatic hydroxyl groups is 11. The van der Waals surface area contributed by atoms with Crippen LogP contribution in [0.5, 0.6) is 0 Å². The summed E-state index contributed by atoms with van der Waals surface area (Å²) in [7, 11) is 0. The van der Waals surface area contributed by atoms with Crippen LogP contribution in [0.4, 0.5) is 0 Å². The van der Waals surface area contributed by atoms with E-state index in [9.17, 15) is 61.0 Å². The normalized spacial score (nSPS) is 54.6. The fourth-order valence-corrected chi connectivity index (χ4v) is 12.0. The lowest BCUT2D eigenvalue weighted by molar-refractivity contribution is -0.378. The number of ether oxygens (including phenoxy) is 6. The third-order valence-corrected chi connectivity index (χ3v) is 15.0. The van der Waals surface area contributed by atoms with Gasteiger partial charge in [-0.15, -0.1) is 0 Å². The second-order valence-corrected chi connectivity index (χ2v) is 18.0. The summed E-state index contributed by atoms with van der Waals surface area (Å²) >= 11 is 0. The molecule has 3 aliphatic heterocycles. The van der Waals surface area contributed by atoms with E-state index in [1.807, 2.05) is 6.92 Å². The maximum absolute atomic E-state index is 14.1. The number of carbonyl (C=O) groups excluding carboxylic acids is 1. The van der Waals surface area contributed by atoms with E-state index in [0.29, 0.717) is 44.9 Å². The Hall–Kier alpha value is -1.43. The van der Waals surface area contributed by atoms with Gasteiger partial charge in [-0.05, 0) is 86.5 Å². The predicted molar refractivity (Wildman–Crippen MR) is 186 cm³/mol. The van der Waals surface area contributed by atoms with E-state index >= 15 is 0 Å². The third-order valence-electron chi connectivity index (χ3n) is 15.0. The van der Waals surface area contributed by atoms with Crippen LogP contribution in [0, 0.1) is 28.1 Å². The van der Waals surface area contributed by atoms with Crippen LogP contribution in [-0.4, -0.2) is 180 Å². The number of carbonyl (C=O) groups is 1. The molecule has 7 fully saturated rings. The molecule has 0 amide bonds. The zero-order valence-corrected chi connectivity index (χ0v) is 31.8. The van der Waals surface area contributed by atoms with Crippen molar-refractivity contribution in [2.24, 2.45) is 28.1 Å². The summed E-state index contributed by atoms with van der Waals surface area (Å²) < 4.78 is 35.6. The number of hydrogen-bond donors (Lipinski definition) is 11. The molecule has 0 radical (unpaired) electrons. The zero-order valence-electron chi connectivity index (χ0n) is 31.8. The molecule has 11 N–H and O–H groups in total. The number of rotatable bonds is 9. The Kier molecular flexibility index (Phi) is 11.9. The minimum absolute atomic E-state index is 0.121. The van der Waals surface area contributed by atoms with Gasteiger partial charge in [0, 0.05) is 0 Å². The van der Waals surface area contributed by atoms with Gasteiger partial charge in [0.25, 0.3) is 0 Å². The first-order chi connectivity index (χ1) is 26.4. The second-order valence-electron chi connectivity index (χ2n) is 18.0. The molecule has 1 spiro atoms. The fraction of sp³-hybridized carbons (Fsp3) is 0.921. The van der Waals surface area contributed by atoms with Gasteiger partial charge >= 0.3 is 5.97 Å². The summed E-state index contributed by atoms with van der Waals surface area (Å²) in [6.07, 6.45) is -17.8. The first-order valence-electron chi connectivity index (χ1n) is 19.9. The highest BCUT2D eigenvalue weighted by molar-refractivity contribution is 5.77. The maximum atomic E-state index is 14.1. The van der Waals surface area contributed by atoms with Gasteiger partial charge in [0.05, 0.1) is 30.8 Å². The largest absolute Gasteiger partial charge is 0.432 e. The summed E-state index contributed by atoms with van der Waals surface area (Å²) in [5, 5.41) is 114. The minimum atomic E-state index is -1.81. The molecular weight excluding hydrogens is 744 g/mol. The maximum Gasteiger partial charge on any atom is 0.314 e. The lowest BCUT2D eigenvalue weighted by Crippen LogP contribution is -2.65. The molecule has 7 rings (SSSR count). The first kappa shape index (κ1) is 42.7. The van der Waals surface area contributed by atoms with Crippen LogP contribution in [0.2, 0.25) is 0 Å². The van der Waals surface area contributed by atoms with E-state index < -0.39 is 129 Å². The van der Waals surface area contributed by atoms with Gasteiger partial charge in [0.1, 0.15) is 73.2 Å². The van der Waals surface area contributed by atoms with Crippen molar-refractivity contribution in [2.75, 3.05) is 19.8 Å². The second kappa shape index (κ2) is 15.6. The summed E-state index contributed by atoms with van der Waals surface area (Å²) in [6, 6.07) is 0. The predicted octanol–water partition coefficient (Wildman–Crippen LogP) is -2.94. The molecule has 320 valence electrons. The Morgan fingerprint density at radius 1 is 0.679 bits per heavy atom. The Morgan fingerprint density at radius 3 is 1.82 bits per heavy atom. The van der Waals surface area contributed by atoms with Crippen molar-refractivity contribution in [1.82, 2.24) is 0 Å². The van der Waals surface area contributed by atoms with Crippen LogP contribution in [0.25, 0.3) is 0 Å². The van der Waals surface area contributed by atoms with Gasteiger partial charge in [-0.3, -0.25) is 4.79 Å². The van der Waals surface area contributed by atoms with Crippen molar-refractivity contribution in [3.8, 4) is 0 Å². The highest BCUT2D eigenvalue weighted by Gasteiger charge is 2.69. The molecular formula is C38H60O18. The number of hydrogen-bond acceptors (Lipinski definition) is 18. The Balaban J connectivity index is 1.10. The van der Waals surface area contributed by atoms with Crippen LogP contribution in [-0.2, 0) is 33.2 Å². The summed E-state index contributed by atoms with van der Waals surface area (Å²) in [4.78, 5) is 14.1. The SMILES string of the molecule is C=C1C[C@@]23CC[C@H]4[C@@](C)(CCC[C@@]4(C)C(=O)O[C@@H]4OC(CO)[C@@H](O)[C@H](O)C4O)[C@@H]2CC[C@]1(O[C@@H]1OC(CO)[C@@H](O)[C@H](O)C1O[C@@H]1OC(CO)[C@@H](O)[C@H](O)C1O)C3. The molecule has 4 saturated carbocycles. The summed E-state index contributed by atoms with van der Waals surface area (Å²) in [5.41, 5.74) is -1.80. The van der Waals surface area contributed by atoms with E-state index in [1.165, 1.54) is 0 Å². The van der Waals surface area contributed by atoms with Crippen LogP contribution < -0.4 is 0 Å². The molecule has 3 heterocycles. The highest BCUT2D eigenvalue weighted by atomic mass is 16.8. The van der Waals surface area contributed by atoms with E-state index in [-0.39, 0.29) is 22.7 Å². The standard InChI is InChI=1S/C38H60O18/c1-16-11-37-9-5-20-35(2,7-4-8-36(20,3)34(50)55-32-29(49)26(46)23(43)18(13-40)52-32)21(37)6-10-38(16,15-37)56-33-30(27(47)24(44)19(14-41)53-33)54-31-28(48)25(45)22(42)17(12-39)51-31/h17-33,39-49H,1,4-15H2,2-3H3/t17?,18?,19?,20-,21-,22+,23+,24+,25-,26-,27-,28?,29?,30?,31-,32-,33-,35+,36+,37+,38-/m0/s1. The van der Waals surface area contributed by atoms with E-state index in [4.69, 9.17) is 28.4 Å². The average molecular weight is 805 g/mol. The average Bonchev–Trinajstić information content (AvgIpc) is 3.37. The Labute approximate surface area is 324 Å². The van der Waals surface area contributed by atoms with E-state index in [0.717, 1.165) is 18.4 Å². The number of esters is 1. The van der Waals surface area contributed by atoms with Crippen LogP contribution >= 0.6 is 0 Å². The van der Waals surface area contributed by atoms with E-state index in [2.05, 4.69) is 13.5 Å². The molecule has 7 aliphatic rings. The van der Waals surface area contributed by atoms with Crippen molar-refractivity contribution < 1.29 is 89.4 Å². The highest BCUT2D eigenvalue weighted by Crippen LogP contribution is 2.73. The van der Waals surface area contributed by atoms with Gasteiger partial charge in [0.15, 0.2) is 12.6 Å². The fourth-order valence-electron chi connectivity index (χ4n) is 12.0. The van der Waals surface area contributed by atoms with Gasteiger partial charge in [-0.2, -0.15) is 0 Å². The lowest BCUT2D eigenvalue weighted by Gasteiger charge is -2.64. The van der Waals surface area contributed by atoms with Crippen LogP contribution in [0.3, 0.4) is 0 Å². The molecule has 21 atom stereocenters. The molecule has 3 saturated heterocycles. The molecule has 4 aliphatic carbocycles. The molecule has 18 heteroatoms. The van der Waals surface area contributed by atoms with Gasteiger partial charge in [-0.1, -0.05) is 19.9 Å².